The summed E-state index contributed by atoms with van der Waals surface area (Å²) in [5, 5.41) is 4.06. The van der Waals surface area contributed by atoms with Gasteiger partial charge in [-0.15, -0.1) is 0 Å². The lowest BCUT2D eigenvalue weighted by molar-refractivity contribution is -0.146. The number of ether oxygens (including phenoxy) is 1. The molecule has 1 aliphatic rings. The Labute approximate surface area is 140 Å². The number of hydrogen-bond donors (Lipinski definition) is 0. The number of likely N-dealkylation sites (tertiary alicyclic amines) is 1. The van der Waals surface area contributed by atoms with Crippen molar-refractivity contribution in [3.8, 4) is 0 Å². The predicted molar refractivity (Wildman–Crippen MR) is 86.2 cm³/mol. The van der Waals surface area contributed by atoms with Crippen LogP contribution in [0.25, 0.3) is 0 Å². The Hall–Kier alpha value is -2.70. The molecule has 2 aromatic rings. The van der Waals surface area contributed by atoms with Crippen LogP contribution in [-0.2, 0) is 16.1 Å². The van der Waals surface area contributed by atoms with Crippen LogP contribution in [0.4, 0.5) is 0 Å². The molecule has 0 bridgehead atoms. The highest BCUT2D eigenvalue weighted by molar-refractivity contribution is 5.94. The van der Waals surface area contributed by atoms with Crippen LogP contribution in [0, 0.1) is 5.92 Å². The average Bonchev–Trinajstić information content (AvgIpc) is 3.14. The summed E-state index contributed by atoms with van der Waals surface area (Å²) in [5.74, 6) is -0.269. The van der Waals surface area contributed by atoms with Gasteiger partial charge in [-0.1, -0.05) is 12.1 Å². The molecule has 3 rings (SSSR count). The lowest BCUT2D eigenvalue weighted by Gasteiger charge is -2.30. The van der Waals surface area contributed by atoms with E-state index in [-0.39, 0.29) is 17.8 Å². The Kier molecular flexibility index (Phi) is 4.88. The minimum atomic E-state index is -0.181. The molecule has 1 amide bonds. The van der Waals surface area contributed by atoms with Gasteiger partial charge >= 0.3 is 5.97 Å². The van der Waals surface area contributed by atoms with E-state index in [1.165, 1.54) is 13.4 Å². The Morgan fingerprint density at radius 3 is 2.50 bits per heavy atom. The van der Waals surface area contributed by atoms with Crippen LogP contribution in [0.15, 0.2) is 36.9 Å². The van der Waals surface area contributed by atoms with Gasteiger partial charge in [0.25, 0.3) is 5.91 Å². The summed E-state index contributed by atoms with van der Waals surface area (Å²) in [5.41, 5.74) is 1.72. The molecule has 126 valence electrons. The van der Waals surface area contributed by atoms with E-state index in [4.69, 9.17) is 4.74 Å². The van der Waals surface area contributed by atoms with Crippen molar-refractivity contribution in [1.82, 2.24) is 19.7 Å². The maximum atomic E-state index is 12.6. The first-order valence-electron chi connectivity index (χ1n) is 7.96. The van der Waals surface area contributed by atoms with Crippen molar-refractivity contribution in [3.05, 3.63) is 48.0 Å². The molecule has 0 saturated carbocycles. The molecule has 1 saturated heterocycles. The number of hydrogen-bond acceptors (Lipinski definition) is 5. The van der Waals surface area contributed by atoms with Crippen molar-refractivity contribution < 1.29 is 14.3 Å². The minimum absolute atomic E-state index is 0.00521. The van der Waals surface area contributed by atoms with Gasteiger partial charge in [0.1, 0.15) is 12.7 Å². The number of esters is 1. The number of piperidine rings is 1. The van der Waals surface area contributed by atoms with Crippen molar-refractivity contribution >= 4 is 11.9 Å². The number of methoxy groups -OCH3 is 1. The predicted octanol–water partition coefficient (Wildman–Crippen LogP) is 1.35. The van der Waals surface area contributed by atoms with Crippen molar-refractivity contribution in [1.29, 1.82) is 0 Å². The molecule has 1 aliphatic heterocycles. The van der Waals surface area contributed by atoms with Gasteiger partial charge in [0.15, 0.2) is 0 Å². The maximum Gasteiger partial charge on any atom is 0.308 e. The van der Waals surface area contributed by atoms with E-state index in [0.29, 0.717) is 38.0 Å². The fourth-order valence-corrected chi connectivity index (χ4v) is 2.92. The topological polar surface area (TPSA) is 77.3 Å². The minimum Gasteiger partial charge on any atom is -0.469 e. The molecule has 0 N–H and O–H groups in total. The second kappa shape index (κ2) is 7.25. The molecule has 1 fully saturated rings. The standard InChI is InChI=1S/C17H20N4O3/c1-24-17(23)15-6-8-20(9-7-15)16(22)14-4-2-13(3-5-14)10-21-12-18-11-19-21/h2-5,11-12,15H,6-10H2,1H3. The van der Waals surface area contributed by atoms with E-state index in [2.05, 4.69) is 10.1 Å². The summed E-state index contributed by atoms with van der Waals surface area (Å²) in [6.07, 6.45) is 4.46. The normalized spacial score (nSPS) is 15.3. The van der Waals surface area contributed by atoms with Crippen molar-refractivity contribution in [2.24, 2.45) is 5.92 Å². The van der Waals surface area contributed by atoms with Crippen molar-refractivity contribution in [3.63, 3.8) is 0 Å². The molecular formula is C17H20N4O3. The van der Waals surface area contributed by atoms with E-state index in [0.717, 1.165) is 5.56 Å². The van der Waals surface area contributed by atoms with E-state index < -0.39 is 0 Å². The smallest absolute Gasteiger partial charge is 0.308 e. The summed E-state index contributed by atoms with van der Waals surface area (Å²) in [4.78, 5) is 29.8. The Bertz CT molecular complexity index is 689. The van der Waals surface area contributed by atoms with Gasteiger partial charge in [-0.05, 0) is 30.5 Å². The van der Waals surface area contributed by atoms with Crippen LogP contribution >= 0.6 is 0 Å². The molecule has 0 radical (unpaired) electrons. The molecule has 0 spiro atoms. The van der Waals surface area contributed by atoms with Crippen molar-refractivity contribution in [2.45, 2.75) is 19.4 Å². The summed E-state index contributed by atoms with van der Waals surface area (Å²) < 4.78 is 6.50. The summed E-state index contributed by atoms with van der Waals surface area (Å²) >= 11 is 0. The van der Waals surface area contributed by atoms with E-state index in [1.807, 2.05) is 24.3 Å². The highest BCUT2D eigenvalue weighted by atomic mass is 16.5. The average molecular weight is 328 g/mol. The Morgan fingerprint density at radius 1 is 1.21 bits per heavy atom. The first-order chi connectivity index (χ1) is 11.7. The second-order valence-corrected chi connectivity index (χ2v) is 5.88. The van der Waals surface area contributed by atoms with E-state index in [9.17, 15) is 9.59 Å². The number of amides is 1. The lowest BCUT2D eigenvalue weighted by atomic mass is 9.96. The third-order valence-electron chi connectivity index (χ3n) is 4.33. The van der Waals surface area contributed by atoms with Gasteiger partial charge < -0.3 is 9.64 Å². The molecule has 2 heterocycles. The zero-order valence-electron chi connectivity index (χ0n) is 13.6. The van der Waals surface area contributed by atoms with Crippen LogP contribution < -0.4 is 0 Å². The number of rotatable bonds is 4. The number of benzene rings is 1. The van der Waals surface area contributed by atoms with Crippen LogP contribution in [0.5, 0.6) is 0 Å². The van der Waals surface area contributed by atoms with Gasteiger partial charge in [0, 0.05) is 18.7 Å². The zero-order chi connectivity index (χ0) is 16.9. The third-order valence-corrected chi connectivity index (χ3v) is 4.33. The second-order valence-electron chi connectivity index (χ2n) is 5.88. The fourth-order valence-electron chi connectivity index (χ4n) is 2.92. The molecule has 0 aliphatic carbocycles. The summed E-state index contributed by atoms with van der Waals surface area (Å²) in [6, 6.07) is 7.52. The highest BCUT2D eigenvalue weighted by Gasteiger charge is 2.28. The lowest BCUT2D eigenvalue weighted by Crippen LogP contribution is -2.40. The molecule has 7 heteroatoms. The summed E-state index contributed by atoms with van der Waals surface area (Å²) in [6.45, 7) is 1.79. The van der Waals surface area contributed by atoms with E-state index >= 15 is 0 Å². The van der Waals surface area contributed by atoms with Crippen LogP contribution in [0.3, 0.4) is 0 Å². The van der Waals surface area contributed by atoms with Gasteiger partial charge in [-0.3, -0.25) is 9.59 Å². The first-order valence-corrected chi connectivity index (χ1v) is 7.96. The monoisotopic (exact) mass is 328 g/mol. The largest absolute Gasteiger partial charge is 0.469 e. The molecule has 24 heavy (non-hydrogen) atoms. The molecule has 7 nitrogen and oxygen atoms in total. The molecular weight excluding hydrogens is 308 g/mol. The number of carbonyl (C=O) groups is 2. The molecule has 1 aromatic heterocycles. The molecule has 0 unspecified atom stereocenters. The third kappa shape index (κ3) is 3.61. The molecule has 0 atom stereocenters. The van der Waals surface area contributed by atoms with Crippen LogP contribution in [-0.4, -0.2) is 51.7 Å². The van der Waals surface area contributed by atoms with Gasteiger partial charge in [0.05, 0.1) is 19.6 Å². The Morgan fingerprint density at radius 2 is 1.92 bits per heavy atom. The SMILES string of the molecule is COC(=O)C1CCN(C(=O)c2ccc(Cn3cncn3)cc2)CC1. The number of carbonyl (C=O) groups excluding carboxylic acids is 2. The van der Waals surface area contributed by atoms with Crippen molar-refractivity contribution in [2.75, 3.05) is 20.2 Å². The number of nitrogens with zero attached hydrogens (tertiary/aromatic N) is 4. The molecule has 1 aromatic carbocycles. The fraction of sp³-hybridized carbons (Fsp3) is 0.412. The van der Waals surface area contributed by atoms with Gasteiger partial charge in [-0.2, -0.15) is 5.10 Å². The van der Waals surface area contributed by atoms with Crippen LogP contribution in [0.2, 0.25) is 0 Å². The Balaban J connectivity index is 1.58. The number of aromatic nitrogens is 3. The first kappa shape index (κ1) is 16.2. The maximum absolute atomic E-state index is 12.6. The van der Waals surface area contributed by atoms with E-state index in [1.54, 1.807) is 15.9 Å². The van der Waals surface area contributed by atoms with Gasteiger partial charge in [0.2, 0.25) is 0 Å². The zero-order valence-corrected chi connectivity index (χ0v) is 13.6. The quantitative estimate of drug-likeness (QED) is 0.792. The van der Waals surface area contributed by atoms with Gasteiger partial charge in [-0.25, -0.2) is 9.67 Å². The summed E-state index contributed by atoms with van der Waals surface area (Å²) in [7, 11) is 1.40. The highest BCUT2D eigenvalue weighted by Crippen LogP contribution is 2.20. The van der Waals surface area contributed by atoms with Crippen LogP contribution in [0.1, 0.15) is 28.8 Å².